The van der Waals surface area contributed by atoms with Crippen LogP contribution in [0.25, 0.3) is 0 Å². The van der Waals surface area contributed by atoms with Crippen molar-refractivity contribution in [2.75, 3.05) is 33.2 Å². The smallest absolute Gasteiger partial charge is 0.324 e. The molecule has 2 unspecified atom stereocenters. The van der Waals surface area contributed by atoms with E-state index in [0.717, 1.165) is 57.8 Å². The van der Waals surface area contributed by atoms with Crippen LogP contribution in [0.2, 0.25) is 0 Å². The Bertz CT molecular complexity index is 313. The molecule has 1 N–H and O–H groups in total. The second-order valence-corrected chi connectivity index (χ2v) is 6.33. The third kappa shape index (κ3) is 3.11. The lowest BCUT2D eigenvalue weighted by Gasteiger charge is -2.44. The van der Waals surface area contributed by atoms with E-state index in [9.17, 15) is 9.90 Å². The summed E-state index contributed by atoms with van der Waals surface area (Å²) in [5.41, 5.74) is -0.578. The number of carboxylic acid groups (broad SMARTS) is 1. The number of piperazine rings is 1. The van der Waals surface area contributed by atoms with Crippen LogP contribution < -0.4 is 0 Å². The monoisotopic (exact) mass is 268 g/mol. The van der Waals surface area contributed by atoms with Crippen LogP contribution in [0.4, 0.5) is 0 Å². The zero-order chi connectivity index (χ0) is 13.9. The average Bonchev–Trinajstić information content (AvgIpc) is 2.62. The number of hydrogen-bond donors (Lipinski definition) is 1. The largest absolute Gasteiger partial charge is 0.480 e. The molecule has 4 nitrogen and oxygen atoms in total. The number of carboxylic acids is 1. The molecule has 2 rings (SSSR count). The molecule has 2 atom stereocenters. The van der Waals surface area contributed by atoms with Crippen molar-refractivity contribution < 1.29 is 9.90 Å². The third-order valence-corrected chi connectivity index (χ3v) is 5.25. The summed E-state index contributed by atoms with van der Waals surface area (Å²) < 4.78 is 0. The third-order valence-electron chi connectivity index (χ3n) is 5.25. The van der Waals surface area contributed by atoms with Crippen LogP contribution in [0.15, 0.2) is 0 Å². The zero-order valence-corrected chi connectivity index (χ0v) is 12.4. The second kappa shape index (κ2) is 6.23. The molecular formula is C15H28N2O2. The first-order valence-corrected chi connectivity index (χ1v) is 7.75. The van der Waals surface area contributed by atoms with Crippen molar-refractivity contribution in [2.24, 2.45) is 5.92 Å². The normalized spacial score (nSPS) is 34.9. The van der Waals surface area contributed by atoms with Gasteiger partial charge in [-0.1, -0.05) is 26.2 Å². The summed E-state index contributed by atoms with van der Waals surface area (Å²) in [7, 11) is 2.12. The molecule has 1 saturated heterocycles. The van der Waals surface area contributed by atoms with Crippen molar-refractivity contribution in [1.82, 2.24) is 9.80 Å². The molecule has 0 aromatic rings. The van der Waals surface area contributed by atoms with Gasteiger partial charge in [0.05, 0.1) is 0 Å². The standard InChI is InChI=1S/C15H28N2O2/c1-3-13-5-4-7-15(8-6-13,14(18)19)17-11-9-16(2)10-12-17/h13H,3-12H2,1-2H3,(H,18,19). The molecule has 0 spiro atoms. The lowest BCUT2D eigenvalue weighted by molar-refractivity contribution is -0.154. The van der Waals surface area contributed by atoms with E-state index >= 15 is 0 Å². The number of likely N-dealkylation sites (N-methyl/N-ethyl adjacent to an activating group) is 1. The number of aliphatic carboxylic acids is 1. The maximum atomic E-state index is 11.9. The molecule has 1 saturated carbocycles. The molecule has 0 radical (unpaired) electrons. The summed E-state index contributed by atoms with van der Waals surface area (Å²) in [4.78, 5) is 16.5. The van der Waals surface area contributed by atoms with E-state index in [1.807, 2.05) is 0 Å². The molecule has 19 heavy (non-hydrogen) atoms. The van der Waals surface area contributed by atoms with Crippen molar-refractivity contribution in [3.63, 3.8) is 0 Å². The Labute approximate surface area is 116 Å². The van der Waals surface area contributed by atoms with Gasteiger partial charge in [-0.15, -0.1) is 0 Å². The van der Waals surface area contributed by atoms with Gasteiger partial charge in [0.2, 0.25) is 0 Å². The SMILES string of the molecule is CCC1CCCC(C(=O)O)(N2CCN(C)CC2)CC1. The Hall–Kier alpha value is -0.610. The lowest BCUT2D eigenvalue weighted by Crippen LogP contribution is -2.60. The number of nitrogens with zero attached hydrogens (tertiary/aromatic N) is 2. The second-order valence-electron chi connectivity index (χ2n) is 6.33. The van der Waals surface area contributed by atoms with E-state index in [2.05, 4.69) is 23.8 Å². The van der Waals surface area contributed by atoms with Crippen LogP contribution in [0, 0.1) is 5.92 Å². The van der Waals surface area contributed by atoms with Gasteiger partial charge in [0.25, 0.3) is 0 Å². The van der Waals surface area contributed by atoms with Crippen molar-refractivity contribution in [1.29, 1.82) is 0 Å². The van der Waals surface area contributed by atoms with Gasteiger partial charge in [-0.3, -0.25) is 9.69 Å². The summed E-state index contributed by atoms with van der Waals surface area (Å²) in [6.07, 6.45) is 6.22. The Morgan fingerprint density at radius 1 is 1.21 bits per heavy atom. The molecule has 0 bridgehead atoms. The van der Waals surface area contributed by atoms with E-state index in [1.165, 1.54) is 12.8 Å². The molecule has 2 fully saturated rings. The first-order chi connectivity index (χ1) is 9.08. The van der Waals surface area contributed by atoms with Crippen LogP contribution in [0.3, 0.4) is 0 Å². The van der Waals surface area contributed by atoms with Crippen LogP contribution in [-0.2, 0) is 4.79 Å². The highest BCUT2D eigenvalue weighted by Gasteiger charge is 2.45. The van der Waals surface area contributed by atoms with E-state index in [-0.39, 0.29) is 0 Å². The molecule has 1 heterocycles. The summed E-state index contributed by atoms with van der Waals surface area (Å²) in [5.74, 6) is 0.141. The summed E-state index contributed by atoms with van der Waals surface area (Å²) in [6.45, 7) is 6.02. The van der Waals surface area contributed by atoms with Crippen molar-refractivity contribution in [3.05, 3.63) is 0 Å². The van der Waals surface area contributed by atoms with Crippen LogP contribution in [0.1, 0.15) is 45.4 Å². The molecule has 0 aromatic heterocycles. The number of rotatable bonds is 3. The van der Waals surface area contributed by atoms with E-state index < -0.39 is 11.5 Å². The fourth-order valence-corrected chi connectivity index (χ4v) is 3.70. The van der Waals surface area contributed by atoms with E-state index in [4.69, 9.17) is 0 Å². The topological polar surface area (TPSA) is 43.8 Å². The zero-order valence-electron chi connectivity index (χ0n) is 12.4. The molecule has 1 aliphatic carbocycles. The van der Waals surface area contributed by atoms with Gasteiger partial charge in [-0.05, 0) is 32.2 Å². The fraction of sp³-hybridized carbons (Fsp3) is 0.933. The molecule has 1 aliphatic heterocycles. The van der Waals surface area contributed by atoms with Crippen molar-refractivity contribution >= 4 is 5.97 Å². The quantitative estimate of drug-likeness (QED) is 0.796. The van der Waals surface area contributed by atoms with E-state index in [1.54, 1.807) is 0 Å². The molecule has 110 valence electrons. The van der Waals surface area contributed by atoms with Crippen molar-refractivity contribution in [3.8, 4) is 0 Å². The van der Waals surface area contributed by atoms with Gasteiger partial charge < -0.3 is 10.0 Å². The van der Waals surface area contributed by atoms with Gasteiger partial charge >= 0.3 is 5.97 Å². The Morgan fingerprint density at radius 3 is 2.47 bits per heavy atom. The average molecular weight is 268 g/mol. The predicted octanol–water partition coefficient (Wildman–Crippen LogP) is 2.05. The van der Waals surface area contributed by atoms with Crippen LogP contribution in [0.5, 0.6) is 0 Å². The number of carbonyl (C=O) groups is 1. The Balaban J connectivity index is 2.11. The highest BCUT2D eigenvalue weighted by Crippen LogP contribution is 2.36. The maximum absolute atomic E-state index is 11.9. The Kier molecular flexibility index (Phi) is 4.85. The van der Waals surface area contributed by atoms with Crippen LogP contribution >= 0.6 is 0 Å². The Morgan fingerprint density at radius 2 is 1.89 bits per heavy atom. The highest BCUT2D eigenvalue weighted by atomic mass is 16.4. The summed E-state index contributed by atoms with van der Waals surface area (Å²) >= 11 is 0. The van der Waals surface area contributed by atoms with Crippen LogP contribution in [-0.4, -0.2) is 59.6 Å². The summed E-state index contributed by atoms with van der Waals surface area (Å²) in [5, 5.41) is 9.84. The minimum atomic E-state index is -0.589. The van der Waals surface area contributed by atoms with Gasteiger partial charge in [0, 0.05) is 26.2 Å². The number of hydrogen-bond acceptors (Lipinski definition) is 3. The first-order valence-electron chi connectivity index (χ1n) is 7.75. The molecule has 0 amide bonds. The maximum Gasteiger partial charge on any atom is 0.324 e. The first kappa shape index (κ1) is 14.8. The molecular weight excluding hydrogens is 240 g/mol. The lowest BCUT2D eigenvalue weighted by atomic mass is 9.86. The molecule has 4 heteroatoms. The van der Waals surface area contributed by atoms with Gasteiger partial charge in [-0.25, -0.2) is 0 Å². The van der Waals surface area contributed by atoms with E-state index in [0.29, 0.717) is 0 Å². The predicted molar refractivity (Wildman–Crippen MR) is 76.3 cm³/mol. The molecule has 2 aliphatic rings. The minimum absolute atomic E-state index is 0.578. The van der Waals surface area contributed by atoms with Gasteiger partial charge in [0.1, 0.15) is 5.54 Å². The fourth-order valence-electron chi connectivity index (χ4n) is 3.70. The highest BCUT2D eigenvalue weighted by molar-refractivity contribution is 5.78. The van der Waals surface area contributed by atoms with Gasteiger partial charge in [0.15, 0.2) is 0 Å². The van der Waals surface area contributed by atoms with Crippen molar-refractivity contribution in [2.45, 2.75) is 51.0 Å². The minimum Gasteiger partial charge on any atom is -0.480 e. The molecule has 0 aromatic carbocycles. The van der Waals surface area contributed by atoms with Gasteiger partial charge in [-0.2, -0.15) is 0 Å². The summed E-state index contributed by atoms with van der Waals surface area (Å²) in [6, 6.07) is 0.